The van der Waals surface area contributed by atoms with Gasteiger partial charge >= 0.3 is 0 Å². The van der Waals surface area contributed by atoms with Gasteiger partial charge in [-0.15, -0.1) is 0 Å². The number of nitrogens with one attached hydrogen (secondary N) is 1. The van der Waals surface area contributed by atoms with Crippen molar-refractivity contribution in [2.24, 2.45) is 0 Å². The van der Waals surface area contributed by atoms with Crippen LogP contribution >= 0.6 is 0 Å². The molecule has 0 aromatic heterocycles. The van der Waals surface area contributed by atoms with E-state index in [1.54, 1.807) is 18.2 Å². The van der Waals surface area contributed by atoms with Crippen molar-refractivity contribution in [2.75, 3.05) is 6.54 Å². The van der Waals surface area contributed by atoms with Crippen LogP contribution in [0, 0.1) is 0 Å². The summed E-state index contributed by atoms with van der Waals surface area (Å²) in [5.41, 5.74) is 0.779. The van der Waals surface area contributed by atoms with Crippen LogP contribution < -0.4 is 4.72 Å². The molecule has 3 aromatic rings. The van der Waals surface area contributed by atoms with E-state index in [9.17, 15) is 13.5 Å². The summed E-state index contributed by atoms with van der Waals surface area (Å²) in [6.07, 6.45) is -0.380. The van der Waals surface area contributed by atoms with Crippen molar-refractivity contribution in [2.45, 2.75) is 17.4 Å². The molecule has 2 N–H and O–H groups in total. The summed E-state index contributed by atoms with van der Waals surface area (Å²) >= 11 is 0. The van der Waals surface area contributed by atoms with E-state index in [1.165, 1.54) is 0 Å². The van der Waals surface area contributed by atoms with Crippen LogP contribution in [0.3, 0.4) is 0 Å². The van der Waals surface area contributed by atoms with Crippen LogP contribution in [0.15, 0.2) is 77.7 Å². The third-order valence-corrected chi connectivity index (χ3v) is 5.45. The highest BCUT2D eigenvalue weighted by atomic mass is 32.2. The first-order chi connectivity index (χ1) is 11.6. The maximum absolute atomic E-state index is 12.6. The molecule has 1 unspecified atom stereocenters. The molecule has 0 heterocycles. The van der Waals surface area contributed by atoms with Crippen LogP contribution in [0.5, 0.6) is 0 Å². The first kappa shape index (κ1) is 16.6. The molecule has 124 valence electrons. The van der Waals surface area contributed by atoms with Crippen LogP contribution in [0.25, 0.3) is 10.8 Å². The summed E-state index contributed by atoms with van der Waals surface area (Å²) in [5, 5.41) is 11.7. The summed E-state index contributed by atoms with van der Waals surface area (Å²) in [5.74, 6) is 0. The lowest BCUT2D eigenvalue weighted by molar-refractivity contribution is 0.169. The lowest BCUT2D eigenvalue weighted by atomic mass is 10.1. The Hall–Kier alpha value is -2.21. The van der Waals surface area contributed by atoms with Gasteiger partial charge in [-0.05, 0) is 23.4 Å². The van der Waals surface area contributed by atoms with Crippen molar-refractivity contribution >= 4 is 20.8 Å². The zero-order chi connectivity index (χ0) is 17.0. The molecule has 24 heavy (non-hydrogen) atoms. The van der Waals surface area contributed by atoms with Crippen LogP contribution in [0.2, 0.25) is 0 Å². The number of hydrogen-bond donors (Lipinski definition) is 2. The minimum absolute atomic E-state index is 0.168. The Morgan fingerprint density at radius 1 is 0.875 bits per heavy atom. The molecule has 0 saturated heterocycles. The number of aliphatic hydroxyl groups is 1. The van der Waals surface area contributed by atoms with Gasteiger partial charge in [-0.3, -0.25) is 0 Å². The molecule has 0 aliphatic heterocycles. The van der Waals surface area contributed by atoms with E-state index in [1.807, 2.05) is 54.6 Å². The van der Waals surface area contributed by atoms with Crippen molar-refractivity contribution in [1.29, 1.82) is 0 Å². The molecular weight excluding hydrogens is 322 g/mol. The molecule has 4 nitrogen and oxygen atoms in total. The SMILES string of the molecule is O=S(=O)(NCCC(O)c1ccccc1)c1cccc2ccccc12. The normalized spacial score (nSPS) is 13.0. The molecule has 5 heteroatoms. The first-order valence-electron chi connectivity index (χ1n) is 7.78. The molecule has 0 fully saturated rings. The summed E-state index contributed by atoms with van der Waals surface area (Å²) in [6, 6.07) is 21.8. The zero-order valence-electron chi connectivity index (χ0n) is 13.1. The highest BCUT2D eigenvalue weighted by Crippen LogP contribution is 2.23. The number of fused-ring (bicyclic) bond motifs is 1. The van der Waals surface area contributed by atoms with Gasteiger partial charge in [-0.25, -0.2) is 13.1 Å². The summed E-state index contributed by atoms with van der Waals surface area (Å²) < 4.78 is 27.7. The average molecular weight is 341 g/mol. The molecular formula is C19H19NO3S. The van der Waals surface area contributed by atoms with Crippen LogP contribution in [0.4, 0.5) is 0 Å². The monoisotopic (exact) mass is 341 g/mol. The average Bonchev–Trinajstić information content (AvgIpc) is 2.61. The Morgan fingerprint density at radius 2 is 1.54 bits per heavy atom. The highest BCUT2D eigenvalue weighted by Gasteiger charge is 2.17. The maximum Gasteiger partial charge on any atom is 0.241 e. The third-order valence-electron chi connectivity index (χ3n) is 3.93. The summed E-state index contributed by atoms with van der Waals surface area (Å²) in [7, 11) is -3.63. The maximum atomic E-state index is 12.6. The number of benzene rings is 3. The van der Waals surface area contributed by atoms with Crippen molar-refractivity contribution in [3.63, 3.8) is 0 Å². The van der Waals surface area contributed by atoms with E-state index < -0.39 is 16.1 Å². The van der Waals surface area contributed by atoms with Gasteiger partial charge in [0, 0.05) is 11.9 Å². The van der Waals surface area contributed by atoms with Gasteiger partial charge in [-0.2, -0.15) is 0 Å². The second-order valence-corrected chi connectivity index (χ2v) is 7.33. The third kappa shape index (κ3) is 3.64. The van der Waals surface area contributed by atoms with Gasteiger partial charge in [0.25, 0.3) is 0 Å². The van der Waals surface area contributed by atoms with E-state index in [-0.39, 0.29) is 11.4 Å². The fourth-order valence-electron chi connectivity index (χ4n) is 2.68. The first-order valence-corrected chi connectivity index (χ1v) is 9.27. The van der Waals surface area contributed by atoms with Gasteiger partial charge in [0.15, 0.2) is 0 Å². The van der Waals surface area contributed by atoms with Crippen LogP contribution in [-0.4, -0.2) is 20.1 Å². The fourth-order valence-corrected chi connectivity index (χ4v) is 3.95. The summed E-state index contributed by atoms with van der Waals surface area (Å²) in [6.45, 7) is 0.168. The fraction of sp³-hybridized carbons (Fsp3) is 0.158. The molecule has 0 spiro atoms. The van der Waals surface area contributed by atoms with Crippen LogP contribution in [0.1, 0.15) is 18.1 Å². The van der Waals surface area contributed by atoms with E-state index in [2.05, 4.69) is 4.72 Å². The van der Waals surface area contributed by atoms with Gasteiger partial charge in [0.05, 0.1) is 11.0 Å². The predicted octanol–water partition coefficient (Wildman–Crippen LogP) is 3.24. The Kier molecular flexibility index (Phi) is 4.94. The molecule has 0 aliphatic carbocycles. The largest absolute Gasteiger partial charge is 0.388 e. The summed E-state index contributed by atoms with van der Waals surface area (Å²) in [4.78, 5) is 0.259. The van der Waals surface area contributed by atoms with Crippen molar-refractivity contribution in [3.8, 4) is 0 Å². The molecule has 0 radical (unpaired) electrons. The molecule has 0 bridgehead atoms. The molecule has 1 atom stereocenters. The van der Waals surface area contributed by atoms with E-state index in [4.69, 9.17) is 0 Å². The number of hydrogen-bond acceptors (Lipinski definition) is 3. The van der Waals surface area contributed by atoms with Crippen molar-refractivity contribution in [1.82, 2.24) is 4.72 Å². The molecule has 3 rings (SSSR count). The number of rotatable bonds is 6. The minimum atomic E-state index is -3.63. The van der Waals surface area contributed by atoms with Gasteiger partial charge in [0.2, 0.25) is 10.0 Å². The topological polar surface area (TPSA) is 66.4 Å². The standard InChI is InChI=1S/C19H19NO3S/c21-18(16-8-2-1-3-9-16)13-14-20-24(22,23)19-12-6-10-15-7-4-5-11-17(15)19/h1-12,18,20-21H,13-14H2. The van der Waals surface area contributed by atoms with E-state index in [0.717, 1.165) is 10.9 Å². The smallest absolute Gasteiger partial charge is 0.241 e. The molecule has 0 aliphatic rings. The van der Waals surface area contributed by atoms with E-state index in [0.29, 0.717) is 11.8 Å². The Morgan fingerprint density at radius 3 is 2.33 bits per heavy atom. The van der Waals surface area contributed by atoms with Gasteiger partial charge in [-0.1, -0.05) is 66.7 Å². The molecule has 0 amide bonds. The van der Waals surface area contributed by atoms with Crippen molar-refractivity contribution < 1.29 is 13.5 Å². The Balaban J connectivity index is 1.72. The second-order valence-electron chi connectivity index (χ2n) is 5.59. The van der Waals surface area contributed by atoms with E-state index >= 15 is 0 Å². The zero-order valence-corrected chi connectivity index (χ0v) is 13.9. The minimum Gasteiger partial charge on any atom is -0.388 e. The number of aliphatic hydroxyl groups excluding tert-OH is 1. The lowest BCUT2D eigenvalue weighted by Gasteiger charge is -2.13. The Bertz CT molecular complexity index is 918. The predicted molar refractivity (Wildman–Crippen MR) is 95.2 cm³/mol. The second kappa shape index (κ2) is 7.13. The highest BCUT2D eigenvalue weighted by molar-refractivity contribution is 7.89. The molecule has 3 aromatic carbocycles. The number of sulfonamides is 1. The quantitative estimate of drug-likeness (QED) is 0.723. The van der Waals surface area contributed by atoms with Gasteiger partial charge in [0.1, 0.15) is 0 Å². The van der Waals surface area contributed by atoms with Crippen LogP contribution in [-0.2, 0) is 10.0 Å². The molecule has 0 saturated carbocycles. The lowest BCUT2D eigenvalue weighted by Crippen LogP contribution is -2.26. The van der Waals surface area contributed by atoms with Crippen molar-refractivity contribution in [3.05, 3.63) is 78.4 Å². The Labute approximate surface area is 141 Å². The van der Waals surface area contributed by atoms with Gasteiger partial charge < -0.3 is 5.11 Å².